The van der Waals surface area contributed by atoms with Gasteiger partial charge in [-0.15, -0.1) is 11.3 Å². The molecule has 0 aliphatic carbocycles. The zero-order valence-corrected chi connectivity index (χ0v) is 14.7. The first-order valence-electron chi connectivity index (χ1n) is 8.27. The van der Waals surface area contributed by atoms with E-state index in [1.54, 1.807) is 22.3 Å². The number of likely N-dealkylation sites (tertiary alicyclic amines) is 1. The minimum atomic E-state index is -0.640. The van der Waals surface area contributed by atoms with Crippen LogP contribution in [0.2, 0.25) is 0 Å². The van der Waals surface area contributed by atoms with Crippen molar-refractivity contribution in [3.63, 3.8) is 0 Å². The zero-order chi connectivity index (χ0) is 17.4. The lowest BCUT2D eigenvalue weighted by molar-refractivity contribution is -0.0507. The topological polar surface area (TPSA) is 58.6 Å². The fourth-order valence-electron chi connectivity index (χ4n) is 3.53. The van der Waals surface area contributed by atoms with E-state index in [4.69, 9.17) is 4.74 Å². The summed E-state index contributed by atoms with van der Waals surface area (Å²) in [6.07, 6.45) is 1.31. The molecule has 2 aromatic rings. The monoisotopic (exact) mass is 362 g/mol. The van der Waals surface area contributed by atoms with Crippen molar-refractivity contribution in [3.8, 4) is 0 Å². The van der Waals surface area contributed by atoms with Crippen molar-refractivity contribution in [2.45, 2.75) is 25.6 Å². The maximum absolute atomic E-state index is 13.3. The van der Waals surface area contributed by atoms with Gasteiger partial charge in [0.1, 0.15) is 0 Å². The summed E-state index contributed by atoms with van der Waals surface area (Å²) in [6.45, 7) is 5.34. The molecule has 25 heavy (non-hydrogen) atoms. The molecule has 0 saturated carbocycles. The number of aromatic nitrogens is 2. The van der Waals surface area contributed by atoms with Crippen molar-refractivity contribution in [3.05, 3.63) is 45.9 Å². The Labute approximate surface area is 149 Å². The lowest BCUT2D eigenvalue weighted by Crippen LogP contribution is -2.50. The van der Waals surface area contributed by atoms with Gasteiger partial charge in [0.05, 0.1) is 29.5 Å². The van der Waals surface area contributed by atoms with Gasteiger partial charge in [-0.3, -0.25) is 9.69 Å². The summed E-state index contributed by atoms with van der Waals surface area (Å²) in [7, 11) is 0. The van der Waals surface area contributed by atoms with Crippen LogP contribution in [0.3, 0.4) is 0 Å². The molecule has 2 aromatic heterocycles. The number of hydrogen-bond acceptors (Lipinski definition) is 6. The van der Waals surface area contributed by atoms with E-state index < -0.39 is 5.95 Å². The molecular weight excluding hydrogens is 343 g/mol. The number of nitrogens with zero attached hydrogens (tertiary/aromatic N) is 4. The Bertz CT molecular complexity index is 784. The molecule has 0 aromatic carbocycles. The van der Waals surface area contributed by atoms with E-state index >= 15 is 0 Å². The van der Waals surface area contributed by atoms with Gasteiger partial charge in [-0.2, -0.15) is 4.39 Å². The van der Waals surface area contributed by atoms with Crippen LogP contribution in [0.15, 0.2) is 23.7 Å². The Morgan fingerprint density at radius 3 is 3.12 bits per heavy atom. The van der Waals surface area contributed by atoms with Gasteiger partial charge in [0, 0.05) is 49.4 Å². The van der Waals surface area contributed by atoms with E-state index in [1.807, 2.05) is 6.92 Å². The van der Waals surface area contributed by atoms with E-state index in [9.17, 15) is 9.18 Å². The summed E-state index contributed by atoms with van der Waals surface area (Å²) in [5.74, 6) is -0.817. The van der Waals surface area contributed by atoms with Crippen molar-refractivity contribution in [2.75, 3.05) is 26.2 Å². The second-order valence-electron chi connectivity index (χ2n) is 6.38. The molecular formula is C17H19FN4O2S. The summed E-state index contributed by atoms with van der Waals surface area (Å²) < 4.78 is 19.2. The van der Waals surface area contributed by atoms with Crippen LogP contribution < -0.4 is 0 Å². The predicted octanol–water partition coefficient (Wildman–Crippen LogP) is 1.71. The van der Waals surface area contributed by atoms with Crippen molar-refractivity contribution >= 4 is 17.2 Å². The molecule has 6 nitrogen and oxygen atoms in total. The van der Waals surface area contributed by atoms with Gasteiger partial charge in [0.15, 0.2) is 0 Å². The maximum Gasteiger partial charge on any atom is 0.254 e. The third-order valence-electron chi connectivity index (χ3n) is 4.71. The number of aryl methyl sites for hydroxylation is 1. The predicted molar refractivity (Wildman–Crippen MR) is 90.9 cm³/mol. The Hall–Kier alpha value is -1.90. The fourth-order valence-corrected chi connectivity index (χ4v) is 4.13. The number of halogens is 1. The van der Waals surface area contributed by atoms with Crippen molar-refractivity contribution in [1.29, 1.82) is 0 Å². The van der Waals surface area contributed by atoms with Gasteiger partial charge in [0.25, 0.3) is 5.91 Å². The summed E-state index contributed by atoms with van der Waals surface area (Å²) in [4.78, 5) is 24.8. The van der Waals surface area contributed by atoms with Crippen molar-refractivity contribution in [1.82, 2.24) is 19.8 Å². The van der Waals surface area contributed by atoms with E-state index in [0.717, 1.165) is 23.8 Å². The minimum absolute atomic E-state index is 0.0101. The first-order chi connectivity index (χ1) is 12.1. The fraction of sp³-hybridized carbons (Fsp3) is 0.471. The largest absolute Gasteiger partial charge is 0.373 e. The standard InChI is InChI=1S/C17H19FN4O2S/c1-11-20-13(10-25-11)7-21-4-5-24-15-9-22(8-14(15)21)17(23)12-2-3-19-16(18)6-12/h2-3,6,10,14-15H,4-5,7-9H2,1H3/t14-,15-/m0/s1. The third kappa shape index (κ3) is 3.42. The molecule has 4 heterocycles. The van der Waals surface area contributed by atoms with E-state index in [1.165, 1.54) is 12.3 Å². The van der Waals surface area contributed by atoms with Crippen molar-refractivity contribution in [2.24, 2.45) is 0 Å². The number of carbonyl (C=O) groups is 1. The summed E-state index contributed by atoms with van der Waals surface area (Å²) in [5.41, 5.74) is 1.39. The van der Waals surface area contributed by atoms with Crippen LogP contribution in [0, 0.1) is 12.9 Å². The highest BCUT2D eigenvalue weighted by Gasteiger charge is 2.42. The van der Waals surface area contributed by atoms with E-state index in [0.29, 0.717) is 25.3 Å². The summed E-state index contributed by atoms with van der Waals surface area (Å²) in [6, 6.07) is 2.87. The molecule has 2 aliphatic rings. The number of morpholine rings is 1. The lowest BCUT2D eigenvalue weighted by atomic mass is 10.1. The highest BCUT2D eigenvalue weighted by molar-refractivity contribution is 7.09. The summed E-state index contributed by atoms with van der Waals surface area (Å²) >= 11 is 1.65. The van der Waals surface area contributed by atoms with Crippen LogP contribution in [0.1, 0.15) is 21.1 Å². The molecule has 0 radical (unpaired) electrons. The number of rotatable bonds is 3. The maximum atomic E-state index is 13.3. The number of pyridine rings is 1. The quantitative estimate of drug-likeness (QED) is 0.778. The first-order valence-corrected chi connectivity index (χ1v) is 9.15. The Morgan fingerprint density at radius 1 is 1.48 bits per heavy atom. The molecule has 2 saturated heterocycles. The first kappa shape index (κ1) is 16.6. The molecule has 1 amide bonds. The van der Waals surface area contributed by atoms with Gasteiger partial charge in [-0.05, 0) is 13.0 Å². The highest BCUT2D eigenvalue weighted by atomic mass is 32.1. The van der Waals surface area contributed by atoms with Crippen LogP contribution in [0.4, 0.5) is 4.39 Å². The SMILES string of the molecule is Cc1nc(CN2CCO[C@H]3CN(C(=O)c4ccnc(F)c4)C[C@@H]32)cs1. The lowest BCUT2D eigenvalue weighted by Gasteiger charge is -2.36. The second-order valence-corrected chi connectivity index (χ2v) is 7.44. The number of fused-ring (bicyclic) bond motifs is 1. The summed E-state index contributed by atoms with van der Waals surface area (Å²) in [5, 5.41) is 3.14. The van der Waals surface area contributed by atoms with Gasteiger partial charge in [-0.25, -0.2) is 9.97 Å². The third-order valence-corrected chi connectivity index (χ3v) is 5.53. The Morgan fingerprint density at radius 2 is 2.36 bits per heavy atom. The molecule has 2 fully saturated rings. The second kappa shape index (κ2) is 6.78. The van der Waals surface area contributed by atoms with Gasteiger partial charge < -0.3 is 9.64 Å². The smallest absolute Gasteiger partial charge is 0.254 e. The Kier molecular flexibility index (Phi) is 4.49. The van der Waals surface area contributed by atoms with Crippen LogP contribution in [-0.2, 0) is 11.3 Å². The Balaban J connectivity index is 1.47. The molecule has 0 spiro atoms. The number of hydrogen-bond donors (Lipinski definition) is 0. The molecule has 2 atom stereocenters. The molecule has 0 unspecified atom stereocenters. The number of amides is 1. The van der Waals surface area contributed by atoms with Crippen LogP contribution >= 0.6 is 11.3 Å². The van der Waals surface area contributed by atoms with Gasteiger partial charge >= 0.3 is 0 Å². The molecule has 0 N–H and O–H groups in total. The van der Waals surface area contributed by atoms with Gasteiger partial charge in [-0.1, -0.05) is 0 Å². The number of carbonyl (C=O) groups excluding carboxylic acids is 1. The van der Waals surface area contributed by atoms with Crippen LogP contribution in [0.25, 0.3) is 0 Å². The zero-order valence-electron chi connectivity index (χ0n) is 13.9. The highest BCUT2D eigenvalue weighted by Crippen LogP contribution is 2.26. The molecule has 4 rings (SSSR count). The molecule has 132 valence electrons. The van der Waals surface area contributed by atoms with E-state index in [-0.39, 0.29) is 18.1 Å². The normalized spacial score (nSPS) is 23.7. The minimum Gasteiger partial charge on any atom is -0.373 e. The van der Waals surface area contributed by atoms with Gasteiger partial charge in [0.2, 0.25) is 5.95 Å². The molecule has 8 heteroatoms. The average Bonchev–Trinajstić information content (AvgIpc) is 3.21. The van der Waals surface area contributed by atoms with E-state index in [2.05, 4.69) is 20.2 Å². The molecule has 0 bridgehead atoms. The number of ether oxygens (including phenoxy) is 1. The van der Waals surface area contributed by atoms with Crippen LogP contribution in [0.5, 0.6) is 0 Å². The van der Waals surface area contributed by atoms with Crippen molar-refractivity contribution < 1.29 is 13.9 Å². The van der Waals surface area contributed by atoms with Crippen LogP contribution in [-0.4, -0.2) is 64.1 Å². The average molecular weight is 362 g/mol. The molecule has 2 aliphatic heterocycles. The number of thiazole rings is 1.